The Labute approximate surface area is 153 Å². The van der Waals surface area contributed by atoms with Crippen LogP contribution in [0.15, 0.2) is 36.4 Å². The Hall–Kier alpha value is -1.38. The molecule has 2 rings (SSSR count). The van der Waals surface area contributed by atoms with Gasteiger partial charge in [0.05, 0.1) is 6.61 Å². The first kappa shape index (κ1) is 19.9. The Morgan fingerprint density at radius 2 is 1.88 bits per heavy atom. The van der Waals surface area contributed by atoms with Crippen molar-refractivity contribution in [1.82, 2.24) is 0 Å². The molecule has 0 aromatic heterocycles. The third-order valence-electron chi connectivity index (χ3n) is 5.06. The Bertz CT molecular complexity index is 598. The molecule has 1 aromatic rings. The predicted molar refractivity (Wildman–Crippen MR) is 109 cm³/mol. The molecule has 138 valence electrons. The van der Waals surface area contributed by atoms with Gasteiger partial charge in [-0.15, -0.1) is 0 Å². The van der Waals surface area contributed by atoms with Crippen LogP contribution in [0.25, 0.3) is 5.57 Å². The first-order valence-corrected chi connectivity index (χ1v) is 9.93. The van der Waals surface area contributed by atoms with E-state index in [2.05, 4.69) is 43.4 Å². The molecule has 0 amide bonds. The molecular formula is C23H35NO. The third-order valence-corrected chi connectivity index (χ3v) is 5.06. The molecule has 1 aliphatic carbocycles. The van der Waals surface area contributed by atoms with Crippen LogP contribution in [-0.4, -0.2) is 17.3 Å². The summed E-state index contributed by atoms with van der Waals surface area (Å²) in [5.74, 6) is 0. The van der Waals surface area contributed by atoms with Crippen molar-refractivity contribution in [3.8, 4) is 0 Å². The van der Waals surface area contributed by atoms with Gasteiger partial charge in [-0.2, -0.15) is 0 Å². The number of fused-ring (bicyclic) bond motifs is 1. The topological polar surface area (TPSA) is 46.2 Å². The van der Waals surface area contributed by atoms with Gasteiger partial charge in [0.25, 0.3) is 0 Å². The Morgan fingerprint density at radius 1 is 1.12 bits per heavy atom. The van der Waals surface area contributed by atoms with E-state index in [0.29, 0.717) is 6.42 Å². The van der Waals surface area contributed by atoms with Crippen molar-refractivity contribution in [3.05, 3.63) is 53.1 Å². The normalized spacial score (nSPS) is 16.1. The molecule has 0 aliphatic heterocycles. The number of aliphatic hydroxyl groups is 1. The van der Waals surface area contributed by atoms with Crippen molar-refractivity contribution in [2.75, 3.05) is 6.61 Å². The number of benzene rings is 1. The SMILES string of the molecule is CCCCCCCCc1ccc2c(c1)CC=CC=C2C[C@](C)(N)CO. The first-order chi connectivity index (χ1) is 12.1. The van der Waals surface area contributed by atoms with Crippen LogP contribution in [0, 0.1) is 0 Å². The zero-order valence-corrected chi connectivity index (χ0v) is 16.1. The average molecular weight is 342 g/mol. The zero-order valence-electron chi connectivity index (χ0n) is 16.1. The van der Waals surface area contributed by atoms with Gasteiger partial charge in [0.15, 0.2) is 0 Å². The van der Waals surface area contributed by atoms with Gasteiger partial charge in [0, 0.05) is 5.54 Å². The van der Waals surface area contributed by atoms with Gasteiger partial charge in [-0.25, -0.2) is 0 Å². The van der Waals surface area contributed by atoms with Crippen LogP contribution in [-0.2, 0) is 12.8 Å². The van der Waals surface area contributed by atoms with Crippen molar-refractivity contribution in [1.29, 1.82) is 0 Å². The highest BCUT2D eigenvalue weighted by molar-refractivity contribution is 5.72. The minimum Gasteiger partial charge on any atom is -0.394 e. The van der Waals surface area contributed by atoms with E-state index in [0.717, 1.165) is 6.42 Å². The number of hydrogen-bond acceptors (Lipinski definition) is 2. The highest BCUT2D eigenvalue weighted by Gasteiger charge is 2.21. The highest BCUT2D eigenvalue weighted by Crippen LogP contribution is 2.30. The number of aliphatic hydroxyl groups excluding tert-OH is 1. The molecular weight excluding hydrogens is 306 g/mol. The van der Waals surface area contributed by atoms with Crippen LogP contribution in [0.1, 0.15) is 75.5 Å². The fraction of sp³-hybridized carbons (Fsp3) is 0.565. The van der Waals surface area contributed by atoms with Crippen LogP contribution >= 0.6 is 0 Å². The molecule has 0 spiro atoms. The van der Waals surface area contributed by atoms with Crippen molar-refractivity contribution in [2.45, 2.75) is 77.2 Å². The van der Waals surface area contributed by atoms with Gasteiger partial charge in [0.1, 0.15) is 0 Å². The summed E-state index contributed by atoms with van der Waals surface area (Å²) >= 11 is 0. The molecule has 0 unspecified atom stereocenters. The number of aryl methyl sites for hydroxylation is 1. The van der Waals surface area contributed by atoms with Gasteiger partial charge < -0.3 is 10.8 Å². The molecule has 2 nitrogen and oxygen atoms in total. The maximum Gasteiger partial charge on any atom is 0.0611 e. The van der Waals surface area contributed by atoms with Gasteiger partial charge >= 0.3 is 0 Å². The first-order valence-electron chi connectivity index (χ1n) is 9.93. The van der Waals surface area contributed by atoms with Gasteiger partial charge in [-0.1, -0.05) is 75.5 Å². The minimum atomic E-state index is -0.571. The van der Waals surface area contributed by atoms with Crippen molar-refractivity contribution in [3.63, 3.8) is 0 Å². The smallest absolute Gasteiger partial charge is 0.0611 e. The minimum absolute atomic E-state index is 0.000494. The van der Waals surface area contributed by atoms with Gasteiger partial charge in [0.2, 0.25) is 0 Å². The molecule has 3 N–H and O–H groups in total. The monoisotopic (exact) mass is 341 g/mol. The second-order valence-corrected chi connectivity index (χ2v) is 7.82. The fourth-order valence-corrected chi connectivity index (χ4v) is 3.51. The quantitative estimate of drug-likeness (QED) is 0.576. The molecule has 0 saturated heterocycles. The largest absolute Gasteiger partial charge is 0.394 e. The maximum absolute atomic E-state index is 9.49. The Morgan fingerprint density at radius 3 is 2.64 bits per heavy atom. The second-order valence-electron chi connectivity index (χ2n) is 7.82. The van der Waals surface area contributed by atoms with E-state index < -0.39 is 5.54 Å². The molecule has 1 aliphatic rings. The molecule has 0 bridgehead atoms. The lowest BCUT2D eigenvalue weighted by atomic mass is 9.87. The highest BCUT2D eigenvalue weighted by atomic mass is 16.3. The molecule has 25 heavy (non-hydrogen) atoms. The van der Waals surface area contributed by atoms with E-state index in [1.165, 1.54) is 67.2 Å². The fourth-order valence-electron chi connectivity index (χ4n) is 3.51. The second kappa shape index (κ2) is 9.94. The average Bonchev–Trinajstić information content (AvgIpc) is 2.79. The number of rotatable bonds is 10. The molecule has 1 atom stereocenters. The molecule has 2 heteroatoms. The van der Waals surface area contributed by atoms with Crippen LogP contribution in [0.5, 0.6) is 0 Å². The van der Waals surface area contributed by atoms with Crippen LogP contribution in [0.2, 0.25) is 0 Å². The van der Waals surface area contributed by atoms with Crippen LogP contribution < -0.4 is 5.73 Å². The summed E-state index contributed by atoms with van der Waals surface area (Å²) in [7, 11) is 0. The lowest BCUT2D eigenvalue weighted by Crippen LogP contribution is -2.40. The summed E-state index contributed by atoms with van der Waals surface area (Å²) in [5.41, 5.74) is 11.0. The van der Waals surface area contributed by atoms with Crippen LogP contribution in [0.3, 0.4) is 0 Å². The van der Waals surface area contributed by atoms with E-state index in [1.54, 1.807) is 0 Å². The summed E-state index contributed by atoms with van der Waals surface area (Å²) in [4.78, 5) is 0. The van der Waals surface area contributed by atoms with Crippen molar-refractivity contribution < 1.29 is 5.11 Å². The third kappa shape index (κ3) is 6.45. The lowest BCUT2D eigenvalue weighted by Gasteiger charge is -2.24. The van der Waals surface area contributed by atoms with Gasteiger partial charge in [-0.05, 0) is 54.9 Å². The predicted octanol–water partition coefficient (Wildman–Crippen LogP) is 5.19. The van der Waals surface area contributed by atoms with E-state index in [1.807, 2.05) is 6.92 Å². The Balaban J connectivity index is 2.00. The summed E-state index contributed by atoms with van der Waals surface area (Å²) < 4.78 is 0. The number of nitrogens with two attached hydrogens (primary N) is 1. The molecule has 0 saturated carbocycles. The van der Waals surface area contributed by atoms with E-state index in [4.69, 9.17) is 5.73 Å². The molecule has 0 fully saturated rings. The molecule has 0 radical (unpaired) electrons. The van der Waals surface area contributed by atoms with Crippen molar-refractivity contribution in [2.24, 2.45) is 5.73 Å². The van der Waals surface area contributed by atoms with E-state index in [9.17, 15) is 5.11 Å². The number of allylic oxidation sites excluding steroid dienone is 3. The maximum atomic E-state index is 9.49. The van der Waals surface area contributed by atoms with Gasteiger partial charge in [-0.3, -0.25) is 0 Å². The Kier molecular flexibility index (Phi) is 7.92. The summed E-state index contributed by atoms with van der Waals surface area (Å²) in [5, 5.41) is 9.49. The zero-order chi connectivity index (χ0) is 18.1. The molecule has 1 aromatic carbocycles. The number of unbranched alkanes of at least 4 members (excludes halogenated alkanes) is 5. The van der Waals surface area contributed by atoms with E-state index >= 15 is 0 Å². The van der Waals surface area contributed by atoms with Crippen molar-refractivity contribution >= 4 is 5.57 Å². The summed E-state index contributed by atoms with van der Waals surface area (Å²) in [6.07, 6.45) is 17.4. The van der Waals surface area contributed by atoms with E-state index in [-0.39, 0.29) is 6.61 Å². The summed E-state index contributed by atoms with van der Waals surface area (Å²) in [6, 6.07) is 6.91. The number of hydrogen-bond donors (Lipinski definition) is 2. The summed E-state index contributed by atoms with van der Waals surface area (Å²) in [6.45, 7) is 4.18. The lowest BCUT2D eigenvalue weighted by molar-refractivity contribution is 0.212. The standard InChI is InChI=1S/C23H35NO/c1-3-4-5-6-7-8-11-19-14-15-22-20(16-19)12-9-10-13-21(22)17-23(2,24)18-25/h9-10,13-16,25H,3-8,11-12,17-18,24H2,1-2H3/t23-/m0/s1. The molecule has 0 heterocycles. The van der Waals surface area contributed by atoms with Crippen LogP contribution in [0.4, 0.5) is 0 Å².